The summed E-state index contributed by atoms with van der Waals surface area (Å²) in [5, 5.41) is 0.742. The number of halogens is 4. The molecular formula is C28H40BrCl3N8O5S. The summed E-state index contributed by atoms with van der Waals surface area (Å²) in [5.74, 6) is 1.36. The van der Waals surface area contributed by atoms with Gasteiger partial charge in [0.1, 0.15) is 12.4 Å². The summed E-state index contributed by atoms with van der Waals surface area (Å²) in [7, 11) is 0. The Kier molecular flexibility index (Phi) is 15.9. The molecule has 0 radical (unpaired) electrons. The second kappa shape index (κ2) is 18.3. The quantitative estimate of drug-likeness (QED) is 0.175. The van der Waals surface area contributed by atoms with Crippen molar-refractivity contribution in [2.75, 3.05) is 32.2 Å². The minimum atomic E-state index is -0.873. The molecule has 6 N–H and O–H groups in total. The number of fused-ring (bicyclic) bond motifs is 2. The molecule has 46 heavy (non-hydrogen) atoms. The molecule has 1 amide bonds. The van der Waals surface area contributed by atoms with Crippen molar-refractivity contribution in [2.24, 2.45) is 17.4 Å². The number of hydrogen-bond donors (Lipinski definition) is 3. The van der Waals surface area contributed by atoms with Gasteiger partial charge in [-0.05, 0) is 79.6 Å². The zero-order valence-corrected chi connectivity index (χ0v) is 30.1. The molecule has 0 spiro atoms. The molecule has 2 aromatic heterocycles. The average molecular weight is 787 g/mol. The van der Waals surface area contributed by atoms with Crippen molar-refractivity contribution in [2.45, 2.75) is 74.2 Å². The Morgan fingerprint density at radius 3 is 2.52 bits per heavy atom. The molecule has 2 aliphatic heterocycles. The van der Waals surface area contributed by atoms with Crippen molar-refractivity contribution in [1.29, 1.82) is 0 Å². The summed E-state index contributed by atoms with van der Waals surface area (Å²) >= 11 is 5.12. The van der Waals surface area contributed by atoms with Crippen molar-refractivity contribution in [1.82, 2.24) is 24.4 Å². The molecule has 2 atom stereocenters. The molecule has 3 aromatic rings. The summed E-state index contributed by atoms with van der Waals surface area (Å²) in [6.07, 6.45) is 5.15. The number of esters is 1. The summed E-state index contributed by atoms with van der Waals surface area (Å²) in [5.41, 5.74) is 18.8. The van der Waals surface area contributed by atoms with Gasteiger partial charge in [0.15, 0.2) is 39.7 Å². The lowest BCUT2D eigenvalue weighted by molar-refractivity contribution is -0.160. The second-order valence-corrected chi connectivity index (χ2v) is 12.6. The van der Waals surface area contributed by atoms with E-state index >= 15 is 0 Å². The van der Waals surface area contributed by atoms with E-state index in [0.29, 0.717) is 67.0 Å². The third-order valence-corrected chi connectivity index (χ3v) is 9.72. The number of amides is 1. The van der Waals surface area contributed by atoms with Crippen LogP contribution in [0.25, 0.3) is 11.2 Å². The van der Waals surface area contributed by atoms with Gasteiger partial charge in [-0.2, -0.15) is 0 Å². The largest absolute Gasteiger partial charge is 0.454 e. The fourth-order valence-corrected chi connectivity index (χ4v) is 6.75. The number of aryl methyl sites for hydroxylation is 1. The van der Waals surface area contributed by atoms with Crippen LogP contribution in [0.15, 0.2) is 33.0 Å². The molecule has 13 nitrogen and oxygen atoms in total. The first-order valence-electron chi connectivity index (χ1n) is 14.4. The van der Waals surface area contributed by atoms with Crippen LogP contribution < -0.4 is 26.7 Å². The summed E-state index contributed by atoms with van der Waals surface area (Å²) in [6, 6.07) is 3.07. The highest BCUT2D eigenvalue weighted by molar-refractivity contribution is 9.10. The summed E-state index contributed by atoms with van der Waals surface area (Å²) < 4.78 is 19.4. The molecule has 2 aliphatic rings. The van der Waals surface area contributed by atoms with Gasteiger partial charge in [0.2, 0.25) is 6.79 Å². The number of hydrogen-bond acceptors (Lipinski definition) is 12. The number of anilines is 1. The maximum absolute atomic E-state index is 13.0. The third kappa shape index (κ3) is 9.42. The van der Waals surface area contributed by atoms with Crippen LogP contribution in [-0.4, -0.2) is 74.9 Å². The van der Waals surface area contributed by atoms with Crippen molar-refractivity contribution in [3.63, 3.8) is 0 Å². The molecule has 1 saturated heterocycles. The fraction of sp³-hybridized carbons (Fsp3) is 0.536. The zero-order chi connectivity index (χ0) is 30.5. The van der Waals surface area contributed by atoms with E-state index in [-0.39, 0.29) is 49.9 Å². The number of rotatable bonds is 12. The third-order valence-electron chi connectivity index (χ3n) is 7.75. The predicted molar refractivity (Wildman–Crippen MR) is 186 cm³/mol. The van der Waals surface area contributed by atoms with Gasteiger partial charge in [-0.3, -0.25) is 9.59 Å². The van der Waals surface area contributed by atoms with E-state index in [4.69, 9.17) is 36.4 Å². The van der Waals surface area contributed by atoms with Gasteiger partial charge < -0.3 is 40.9 Å². The number of nitrogens with two attached hydrogens (primary N) is 3. The molecule has 1 fully saturated rings. The smallest absolute Gasteiger partial charge is 0.323 e. The van der Waals surface area contributed by atoms with Crippen molar-refractivity contribution in [3.05, 3.63) is 22.9 Å². The van der Waals surface area contributed by atoms with E-state index in [1.54, 1.807) is 11.8 Å². The van der Waals surface area contributed by atoms with Gasteiger partial charge in [0.05, 0.1) is 0 Å². The normalized spacial score (nSPS) is 15.3. The highest BCUT2D eigenvalue weighted by Crippen LogP contribution is 2.43. The van der Waals surface area contributed by atoms with E-state index < -0.39 is 18.1 Å². The second-order valence-electron chi connectivity index (χ2n) is 10.7. The van der Waals surface area contributed by atoms with Crippen molar-refractivity contribution >= 4 is 93.8 Å². The topological polar surface area (TPSA) is 187 Å². The van der Waals surface area contributed by atoms with Crippen LogP contribution in [0.3, 0.4) is 0 Å². The average Bonchev–Trinajstić information content (AvgIpc) is 3.60. The first-order chi connectivity index (χ1) is 20.7. The number of ether oxygens (including phenoxy) is 3. The Morgan fingerprint density at radius 2 is 1.83 bits per heavy atom. The highest BCUT2D eigenvalue weighted by Gasteiger charge is 2.30. The lowest BCUT2D eigenvalue weighted by atomic mass is 9.93. The molecule has 18 heteroatoms. The Morgan fingerprint density at radius 1 is 1.13 bits per heavy atom. The van der Waals surface area contributed by atoms with Crippen LogP contribution in [0.1, 0.15) is 45.4 Å². The molecule has 5 rings (SSSR count). The van der Waals surface area contributed by atoms with Gasteiger partial charge in [-0.25, -0.2) is 15.0 Å². The number of nitrogens with zero attached hydrogens (tertiary/aromatic N) is 5. The molecule has 0 aliphatic carbocycles. The molecule has 1 aromatic carbocycles. The van der Waals surface area contributed by atoms with Gasteiger partial charge in [0.25, 0.3) is 5.91 Å². The van der Waals surface area contributed by atoms with E-state index in [1.807, 2.05) is 12.1 Å². The maximum atomic E-state index is 13.0. The minimum Gasteiger partial charge on any atom is -0.454 e. The van der Waals surface area contributed by atoms with Crippen LogP contribution in [-0.2, 0) is 20.9 Å². The van der Waals surface area contributed by atoms with Crippen molar-refractivity contribution in [3.8, 4) is 11.5 Å². The lowest BCUT2D eigenvalue weighted by Crippen LogP contribution is -2.46. The van der Waals surface area contributed by atoms with Crippen LogP contribution in [0, 0.1) is 5.92 Å². The molecule has 0 unspecified atom stereocenters. The highest BCUT2D eigenvalue weighted by atomic mass is 79.9. The number of unbranched alkanes of at least 4 members (excludes halogenated alkanes) is 1. The monoisotopic (exact) mass is 784 g/mol. The number of nitrogen functional groups attached to an aromatic ring is 1. The maximum Gasteiger partial charge on any atom is 0.323 e. The molecule has 256 valence electrons. The Balaban J connectivity index is 0.00000245. The van der Waals surface area contributed by atoms with E-state index in [0.717, 1.165) is 46.6 Å². The molecule has 4 heterocycles. The SMILES string of the molecule is C[C@H](OC(=O)[C@@H](N)CCCCN)C(=O)N1CCC(CCn2c(Sc3cc4c(cc3Br)OCO4)nc3c(N)ncnc32)CC1.Cl.Cl.Cl. The van der Waals surface area contributed by atoms with Gasteiger partial charge in [-0.15, -0.1) is 37.2 Å². The van der Waals surface area contributed by atoms with Crippen LogP contribution in [0.2, 0.25) is 0 Å². The number of piperidine rings is 1. The molecule has 0 saturated carbocycles. The Bertz CT molecular complexity index is 1480. The first-order valence-corrected chi connectivity index (χ1v) is 16.0. The molecular weight excluding hydrogens is 747 g/mol. The van der Waals surface area contributed by atoms with Gasteiger partial charge >= 0.3 is 5.97 Å². The summed E-state index contributed by atoms with van der Waals surface area (Å²) in [4.78, 5) is 41.4. The van der Waals surface area contributed by atoms with Gasteiger partial charge in [0, 0.05) is 29.0 Å². The summed E-state index contributed by atoms with van der Waals surface area (Å²) in [6.45, 7) is 4.21. The number of benzene rings is 1. The fourth-order valence-electron chi connectivity index (χ4n) is 5.24. The van der Waals surface area contributed by atoms with Crippen LogP contribution >= 0.6 is 64.9 Å². The number of imidazole rings is 1. The van der Waals surface area contributed by atoms with Gasteiger partial charge in [-0.1, -0.05) is 18.2 Å². The number of aromatic nitrogens is 4. The van der Waals surface area contributed by atoms with Crippen LogP contribution in [0.5, 0.6) is 11.5 Å². The van der Waals surface area contributed by atoms with E-state index in [2.05, 4.69) is 30.5 Å². The predicted octanol–water partition coefficient (Wildman–Crippen LogP) is 4.33. The minimum absolute atomic E-state index is 0. The van der Waals surface area contributed by atoms with E-state index in [9.17, 15) is 9.59 Å². The molecule has 0 bridgehead atoms. The zero-order valence-electron chi connectivity index (χ0n) is 25.3. The number of carbonyl (C=O) groups is 2. The Labute approximate surface area is 298 Å². The number of likely N-dealkylation sites (tertiary alicyclic amines) is 1. The van der Waals surface area contributed by atoms with Crippen molar-refractivity contribution < 1.29 is 23.8 Å². The van der Waals surface area contributed by atoms with Crippen LogP contribution in [0.4, 0.5) is 5.82 Å². The first kappa shape index (κ1) is 39.9. The van der Waals surface area contributed by atoms with E-state index in [1.165, 1.54) is 18.1 Å². The standard InChI is InChI=1S/C28H37BrN8O5S.3ClH/c1-16(42-27(39)19(31)4-2-3-8-30)26(38)36-9-5-17(6-10-36)7-11-37-25-23(24(32)33-14-34-25)35-28(37)43-22-13-21-20(12-18(22)29)40-15-41-21;;;/h12-14,16-17,19H,2-11,15,30-31H2,1H3,(H2,32,33,34);3*1H/t16-,19-;;;/m0.../s1. The number of carbonyl (C=O) groups excluding carboxylic acids is 2. The lowest BCUT2D eigenvalue weighted by Gasteiger charge is -2.33. The Hall–Kier alpha value is -2.27.